The Morgan fingerprint density at radius 3 is 1.13 bits per heavy atom. The highest BCUT2D eigenvalue weighted by atomic mass is 16.4. The molecule has 18 N–H and O–H groups in total. The molecule has 2 amide bonds. The van der Waals surface area contributed by atoms with Crippen molar-refractivity contribution in [2.24, 2.45) is 22.9 Å². The number of unbranched alkanes of at least 4 members (excludes halogenated alkanes) is 2. The van der Waals surface area contributed by atoms with Crippen LogP contribution in [0.3, 0.4) is 0 Å². The maximum atomic E-state index is 10.8. The topological polar surface area (TPSA) is 316 Å². The summed E-state index contributed by atoms with van der Waals surface area (Å²) in [4.78, 5) is 42.7. The number of nitrogens with two attached hydrogens (primary N) is 4. The first kappa shape index (κ1) is 35.1. The van der Waals surface area contributed by atoms with Gasteiger partial charge < -0.3 is 65.7 Å². The van der Waals surface area contributed by atoms with Crippen LogP contribution < -0.4 is 56.1 Å². The lowest BCUT2D eigenvalue weighted by molar-refractivity contribution is -0.309. The Labute approximate surface area is 176 Å². The molecule has 0 aliphatic carbocycles. The predicted molar refractivity (Wildman–Crippen MR) is 110 cm³/mol. The molecule has 0 spiro atoms. The highest BCUT2D eigenvalue weighted by Crippen LogP contribution is 2.00. The van der Waals surface area contributed by atoms with E-state index in [0.717, 1.165) is 12.8 Å². The molecule has 0 saturated heterocycles. The quantitative estimate of drug-likeness (QED) is 0.119. The summed E-state index contributed by atoms with van der Waals surface area (Å²) in [6.45, 7) is 0.566. The van der Waals surface area contributed by atoms with Crippen molar-refractivity contribution in [3.63, 3.8) is 0 Å². The fourth-order valence-electron chi connectivity index (χ4n) is 1.99. The Balaban J connectivity index is -0.000000211. The van der Waals surface area contributed by atoms with Gasteiger partial charge in [0.25, 0.3) is 0 Å². The van der Waals surface area contributed by atoms with Crippen LogP contribution in [-0.2, 0) is 19.2 Å². The van der Waals surface area contributed by atoms with Crippen molar-refractivity contribution in [1.29, 1.82) is 0 Å². The van der Waals surface area contributed by atoms with Crippen molar-refractivity contribution >= 4 is 23.8 Å². The number of carbonyl (C=O) groups excluding carboxylic acids is 4. The smallest absolute Gasteiger partial charge is 0.234 e. The summed E-state index contributed by atoms with van der Waals surface area (Å²) < 4.78 is 0. The van der Waals surface area contributed by atoms with Crippen molar-refractivity contribution in [2.75, 3.05) is 26.2 Å². The van der Waals surface area contributed by atoms with Crippen molar-refractivity contribution in [3.8, 4) is 0 Å². The lowest BCUT2D eigenvalue weighted by Crippen LogP contribution is -2.49. The minimum Gasteiger partial charge on any atom is -0.548 e. The first-order chi connectivity index (χ1) is 13.2. The van der Waals surface area contributed by atoms with Crippen LogP contribution in [0.25, 0.3) is 0 Å². The normalized spacial score (nSPS) is 11.3. The van der Waals surface area contributed by atoms with Crippen LogP contribution in [-0.4, -0.2) is 62.0 Å². The highest BCUT2D eigenvalue weighted by molar-refractivity contribution is 5.84. The number of nitrogens with one attached hydrogen (secondary N) is 2. The molecule has 14 nitrogen and oxygen atoms in total. The van der Waals surface area contributed by atoms with Gasteiger partial charge in [0.05, 0.1) is 37.1 Å². The van der Waals surface area contributed by atoms with E-state index in [1.165, 1.54) is 0 Å². The molecule has 0 rings (SSSR count). The summed E-state index contributed by atoms with van der Waals surface area (Å²) in [5.74, 6) is -3.56. The van der Waals surface area contributed by atoms with Crippen molar-refractivity contribution < 1.29 is 29.4 Å². The van der Waals surface area contributed by atoms with Crippen LogP contribution in [0.5, 0.6) is 0 Å². The Kier molecular flexibility index (Phi) is 26.8. The number of quaternary nitrogens is 2. The zero-order valence-corrected chi connectivity index (χ0v) is 18.0. The summed E-state index contributed by atoms with van der Waals surface area (Å²) in [6.07, 6.45) is 3.38. The van der Waals surface area contributed by atoms with Gasteiger partial charge in [0.1, 0.15) is 0 Å². The number of hydrogen-bond acceptors (Lipinski definition) is 10. The van der Waals surface area contributed by atoms with Crippen LogP contribution in [0, 0.1) is 0 Å². The van der Waals surface area contributed by atoms with Gasteiger partial charge in [-0.25, -0.2) is 0 Å². The number of amides is 2. The van der Waals surface area contributed by atoms with E-state index in [-0.39, 0.29) is 25.4 Å². The molecule has 14 heteroatoms. The summed E-state index contributed by atoms with van der Waals surface area (Å²) in [7, 11) is 0. The molecule has 180 valence electrons. The van der Waals surface area contributed by atoms with E-state index in [1.807, 2.05) is 0 Å². The molecule has 0 aliphatic heterocycles. The molecule has 0 unspecified atom stereocenters. The van der Waals surface area contributed by atoms with Gasteiger partial charge in [0.15, 0.2) is 0 Å². The van der Waals surface area contributed by atoms with E-state index >= 15 is 0 Å². The third kappa shape index (κ3) is 20.4. The number of hydrogen-bond donors (Lipinski definition) is 8. The average Bonchev–Trinajstić information content (AvgIpc) is 2.66. The molecule has 0 saturated carbocycles. The Morgan fingerprint density at radius 1 is 0.633 bits per heavy atom. The van der Waals surface area contributed by atoms with Crippen molar-refractivity contribution in [3.05, 3.63) is 0 Å². The number of carboxylic acids is 2. The Hall–Kier alpha value is -2.36. The molecule has 0 radical (unpaired) electrons. The maximum Gasteiger partial charge on any atom is 0.234 e. The minimum absolute atomic E-state index is 0. The first-order valence-electron chi connectivity index (χ1n) is 9.04. The SMILES string of the molecule is NCCCC[C@H](NC(=O)CN)C(=O)[O-].NCCCC[C@H](NC(=O)CN)C(=O)[O-].[NH4+].[NH4+]. The van der Waals surface area contributed by atoms with Gasteiger partial charge in [-0.3, -0.25) is 9.59 Å². The van der Waals surface area contributed by atoms with Crippen molar-refractivity contribution in [2.45, 2.75) is 50.6 Å². The summed E-state index contributed by atoms with van der Waals surface area (Å²) in [5.41, 5.74) is 20.6. The monoisotopic (exact) mass is 440 g/mol. The molecule has 2 atom stereocenters. The predicted octanol–water partition coefficient (Wildman–Crippen LogP) is -4.63. The van der Waals surface area contributed by atoms with Gasteiger partial charge in [-0.2, -0.15) is 0 Å². The van der Waals surface area contributed by atoms with E-state index in [4.69, 9.17) is 22.9 Å². The highest BCUT2D eigenvalue weighted by Gasteiger charge is 2.12. The van der Waals surface area contributed by atoms with E-state index in [2.05, 4.69) is 10.6 Å². The summed E-state index contributed by atoms with van der Waals surface area (Å²) in [5, 5.41) is 25.6. The first-order valence-corrected chi connectivity index (χ1v) is 9.04. The fourth-order valence-corrected chi connectivity index (χ4v) is 1.99. The number of carbonyl (C=O) groups is 4. The van der Waals surface area contributed by atoms with Crippen molar-refractivity contribution in [1.82, 2.24) is 22.9 Å². The molecular weight excluding hydrogens is 400 g/mol. The van der Waals surface area contributed by atoms with Gasteiger partial charge in [-0.05, 0) is 51.6 Å². The Morgan fingerprint density at radius 2 is 0.933 bits per heavy atom. The number of carboxylic acid groups (broad SMARTS) is 2. The molecule has 0 bridgehead atoms. The van der Waals surface area contributed by atoms with E-state index in [0.29, 0.717) is 38.8 Å². The molecule has 0 aromatic heterocycles. The van der Waals surface area contributed by atoms with Crippen LogP contribution in [0.1, 0.15) is 38.5 Å². The lowest BCUT2D eigenvalue weighted by Gasteiger charge is -2.18. The van der Waals surface area contributed by atoms with Crippen LogP contribution >= 0.6 is 0 Å². The zero-order valence-electron chi connectivity index (χ0n) is 18.0. The molecule has 0 aromatic rings. The number of rotatable bonds is 14. The van der Waals surface area contributed by atoms with Crippen LogP contribution in [0.15, 0.2) is 0 Å². The molecule has 0 aliphatic rings. The minimum atomic E-state index is -1.29. The van der Waals surface area contributed by atoms with Gasteiger partial charge in [0, 0.05) is 0 Å². The van der Waals surface area contributed by atoms with Gasteiger partial charge in [-0.1, -0.05) is 0 Å². The van der Waals surface area contributed by atoms with Crippen LogP contribution in [0.4, 0.5) is 0 Å². The standard InChI is InChI=1S/2C8H17N3O3.2H3N/c2*9-4-2-1-3-6(8(13)14)11-7(12)5-10;;/h2*6H,1-5,9-10H2,(H,11,12)(H,13,14);2*1H3/t2*6-;;/m00../s1. The second-order valence-electron chi connectivity index (χ2n) is 5.86. The third-order valence-corrected chi connectivity index (χ3v) is 3.50. The molecule has 0 aromatic carbocycles. The van der Waals surface area contributed by atoms with E-state index in [1.54, 1.807) is 0 Å². The molecular formula is C16H40N8O6. The van der Waals surface area contributed by atoms with Gasteiger partial charge in [-0.15, -0.1) is 0 Å². The largest absolute Gasteiger partial charge is 0.548 e. The number of aliphatic carboxylic acids is 2. The summed E-state index contributed by atoms with van der Waals surface area (Å²) in [6, 6.07) is -1.92. The second-order valence-corrected chi connectivity index (χ2v) is 5.86. The summed E-state index contributed by atoms with van der Waals surface area (Å²) >= 11 is 0. The van der Waals surface area contributed by atoms with Gasteiger partial charge in [0.2, 0.25) is 11.8 Å². The Bertz CT molecular complexity index is 439. The average molecular weight is 441 g/mol. The molecule has 30 heavy (non-hydrogen) atoms. The molecule has 0 fully saturated rings. The fraction of sp³-hybridized carbons (Fsp3) is 0.750. The lowest BCUT2D eigenvalue weighted by atomic mass is 10.1. The van der Waals surface area contributed by atoms with E-state index in [9.17, 15) is 29.4 Å². The second kappa shape index (κ2) is 22.9. The maximum absolute atomic E-state index is 10.8. The van der Waals surface area contributed by atoms with Crippen LogP contribution in [0.2, 0.25) is 0 Å². The zero-order chi connectivity index (χ0) is 21.9. The van der Waals surface area contributed by atoms with E-state index < -0.39 is 35.8 Å². The third-order valence-electron chi connectivity index (χ3n) is 3.50. The van der Waals surface area contributed by atoms with Gasteiger partial charge >= 0.3 is 0 Å². The molecule has 0 heterocycles.